The van der Waals surface area contributed by atoms with Gasteiger partial charge in [0.2, 0.25) is 11.8 Å². The van der Waals surface area contributed by atoms with Gasteiger partial charge in [0.15, 0.2) is 0 Å². The third-order valence-electron chi connectivity index (χ3n) is 6.77. The lowest BCUT2D eigenvalue weighted by Crippen LogP contribution is -2.61. The summed E-state index contributed by atoms with van der Waals surface area (Å²) in [4.78, 5) is 29.8. The van der Waals surface area contributed by atoms with E-state index in [0.29, 0.717) is 11.8 Å². The maximum Gasteiger partial charge on any atom is 0.226 e. The Morgan fingerprint density at radius 2 is 1.65 bits per heavy atom. The molecular formula is C22H30N2O2. The average molecular weight is 354 g/mol. The average Bonchev–Trinajstić information content (AvgIpc) is 2.83. The quantitative estimate of drug-likeness (QED) is 0.815. The topological polar surface area (TPSA) is 40.6 Å². The van der Waals surface area contributed by atoms with Gasteiger partial charge in [-0.1, -0.05) is 36.8 Å². The number of piperidine rings is 1. The molecule has 26 heavy (non-hydrogen) atoms. The van der Waals surface area contributed by atoms with E-state index in [2.05, 4.69) is 34.1 Å². The number of carbonyl (C=O) groups is 2. The Balaban J connectivity index is 1.68. The van der Waals surface area contributed by atoms with Gasteiger partial charge in [-0.15, -0.1) is 0 Å². The second-order valence-corrected chi connectivity index (χ2v) is 8.23. The SMILES string of the molecule is CC(=O)N1CCCC[C@@H]2[C@H]1[C@@H](c1ccccc1)CCN2C(=O)C1CCC1. The van der Waals surface area contributed by atoms with Gasteiger partial charge in [-0.3, -0.25) is 9.59 Å². The molecule has 0 radical (unpaired) electrons. The van der Waals surface area contributed by atoms with E-state index in [-0.39, 0.29) is 23.9 Å². The molecule has 0 bridgehead atoms. The summed E-state index contributed by atoms with van der Waals surface area (Å²) in [6.07, 6.45) is 7.39. The van der Waals surface area contributed by atoms with Crippen LogP contribution in [0.2, 0.25) is 0 Å². The van der Waals surface area contributed by atoms with Crippen LogP contribution in [0.25, 0.3) is 0 Å². The van der Waals surface area contributed by atoms with Crippen molar-refractivity contribution in [2.75, 3.05) is 13.1 Å². The normalized spacial score (nSPS) is 29.5. The molecule has 1 aromatic rings. The van der Waals surface area contributed by atoms with Gasteiger partial charge in [0.25, 0.3) is 0 Å². The monoisotopic (exact) mass is 354 g/mol. The molecule has 140 valence electrons. The first-order valence-corrected chi connectivity index (χ1v) is 10.3. The van der Waals surface area contributed by atoms with Crippen molar-refractivity contribution in [3.05, 3.63) is 35.9 Å². The van der Waals surface area contributed by atoms with Gasteiger partial charge in [-0.05, 0) is 44.1 Å². The van der Waals surface area contributed by atoms with Gasteiger partial charge >= 0.3 is 0 Å². The molecule has 4 rings (SSSR count). The minimum Gasteiger partial charge on any atom is -0.337 e. The van der Waals surface area contributed by atoms with E-state index in [1.807, 2.05) is 6.07 Å². The molecule has 3 atom stereocenters. The third kappa shape index (κ3) is 3.15. The van der Waals surface area contributed by atoms with Crippen LogP contribution in [0.3, 0.4) is 0 Å². The van der Waals surface area contributed by atoms with Crippen molar-refractivity contribution in [1.82, 2.24) is 9.80 Å². The predicted octanol–water partition coefficient (Wildman–Crippen LogP) is 3.57. The Morgan fingerprint density at radius 3 is 2.31 bits per heavy atom. The molecule has 0 aromatic heterocycles. The molecule has 2 saturated heterocycles. The van der Waals surface area contributed by atoms with Crippen molar-refractivity contribution < 1.29 is 9.59 Å². The second-order valence-electron chi connectivity index (χ2n) is 8.23. The minimum atomic E-state index is 0.121. The lowest BCUT2D eigenvalue weighted by molar-refractivity contribution is -0.148. The van der Waals surface area contributed by atoms with E-state index in [0.717, 1.165) is 51.6 Å². The Labute approximate surface area is 156 Å². The maximum atomic E-state index is 13.1. The van der Waals surface area contributed by atoms with Crippen LogP contribution in [0.1, 0.15) is 63.4 Å². The van der Waals surface area contributed by atoms with Crippen molar-refractivity contribution >= 4 is 11.8 Å². The zero-order chi connectivity index (χ0) is 18.1. The molecular weight excluding hydrogens is 324 g/mol. The summed E-state index contributed by atoms with van der Waals surface area (Å²) in [5.41, 5.74) is 1.31. The van der Waals surface area contributed by atoms with Gasteiger partial charge in [0.1, 0.15) is 0 Å². The Hall–Kier alpha value is -1.84. The van der Waals surface area contributed by atoms with E-state index in [1.54, 1.807) is 6.92 Å². The Kier molecular flexibility index (Phi) is 5.01. The number of fused-ring (bicyclic) bond motifs is 1. The molecule has 2 aliphatic heterocycles. The van der Waals surface area contributed by atoms with Crippen molar-refractivity contribution in [2.45, 2.75) is 69.9 Å². The van der Waals surface area contributed by atoms with Crippen LogP contribution in [-0.4, -0.2) is 46.8 Å². The van der Waals surface area contributed by atoms with Crippen LogP contribution in [-0.2, 0) is 9.59 Å². The van der Waals surface area contributed by atoms with Crippen molar-refractivity contribution in [1.29, 1.82) is 0 Å². The second kappa shape index (κ2) is 7.42. The fourth-order valence-corrected chi connectivity index (χ4v) is 5.20. The summed E-state index contributed by atoms with van der Waals surface area (Å²) < 4.78 is 0. The number of carbonyl (C=O) groups excluding carboxylic acids is 2. The first-order valence-electron chi connectivity index (χ1n) is 10.3. The summed E-state index contributed by atoms with van der Waals surface area (Å²) in [6, 6.07) is 10.9. The van der Waals surface area contributed by atoms with Crippen LogP contribution >= 0.6 is 0 Å². The molecule has 0 N–H and O–H groups in total. The highest BCUT2D eigenvalue weighted by Crippen LogP contribution is 2.40. The number of rotatable bonds is 2. The summed E-state index contributed by atoms with van der Waals surface area (Å²) in [5, 5.41) is 0. The number of nitrogens with zero attached hydrogens (tertiary/aromatic N) is 2. The van der Waals surface area contributed by atoms with E-state index in [9.17, 15) is 9.59 Å². The fourth-order valence-electron chi connectivity index (χ4n) is 5.20. The van der Waals surface area contributed by atoms with Crippen molar-refractivity contribution in [3.8, 4) is 0 Å². The summed E-state index contributed by atoms with van der Waals surface area (Å²) in [5.74, 6) is 1.07. The summed E-state index contributed by atoms with van der Waals surface area (Å²) in [6.45, 7) is 3.35. The highest BCUT2D eigenvalue weighted by atomic mass is 16.2. The smallest absolute Gasteiger partial charge is 0.226 e. The molecule has 1 aromatic carbocycles. The van der Waals surface area contributed by atoms with Crippen molar-refractivity contribution in [2.24, 2.45) is 5.92 Å². The van der Waals surface area contributed by atoms with Crippen molar-refractivity contribution in [3.63, 3.8) is 0 Å². The lowest BCUT2D eigenvalue weighted by Gasteiger charge is -2.50. The molecule has 4 heteroatoms. The first kappa shape index (κ1) is 17.6. The first-order chi connectivity index (χ1) is 12.7. The summed E-state index contributed by atoms with van der Waals surface area (Å²) >= 11 is 0. The highest BCUT2D eigenvalue weighted by Gasteiger charge is 2.46. The number of likely N-dealkylation sites (tertiary alicyclic amines) is 2. The zero-order valence-electron chi connectivity index (χ0n) is 15.8. The van der Waals surface area contributed by atoms with Crippen LogP contribution in [0.4, 0.5) is 0 Å². The molecule has 2 amide bonds. The lowest BCUT2D eigenvalue weighted by atomic mass is 9.77. The molecule has 1 aliphatic carbocycles. The maximum absolute atomic E-state index is 13.1. The molecule has 4 nitrogen and oxygen atoms in total. The van der Waals surface area contributed by atoms with Crippen LogP contribution < -0.4 is 0 Å². The van der Waals surface area contributed by atoms with E-state index < -0.39 is 0 Å². The Bertz CT molecular complexity index is 655. The number of hydrogen-bond donors (Lipinski definition) is 0. The van der Waals surface area contributed by atoms with Gasteiger partial charge in [0, 0.05) is 31.8 Å². The van der Waals surface area contributed by atoms with E-state index in [4.69, 9.17) is 0 Å². The van der Waals surface area contributed by atoms with Crippen LogP contribution in [0.5, 0.6) is 0 Å². The number of hydrogen-bond acceptors (Lipinski definition) is 2. The van der Waals surface area contributed by atoms with Gasteiger partial charge in [-0.2, -0.15) is 0 Å². The van der Waals surface area contributed by atoms with Crippen LogP contribution in [0.15, 0.2) is 30.3 Å². The van der Waals surface area contributed by atoms with E-state index >= 15 is 0 Å². The van der Waals surface area contributed by atoms with E-state index in [1.165, 1.54) is 12.0 Å². The largest absolute Gasteiger partial charge is 0.337 e. The minimum absolute atomic E-state index is 0.121. The highest BCUT2D eigenvalue weighted by molar-refractivity contribution is 5.80. The van der Waals surface area contributed by atoms with Gasteiger partial charge in [-0.25, -0.2) is 0 Å². The third-order valence-corrected chi connectivity index (χ3v) is 6.77. The van der Waals surface area contributed by atoms with Crippen LogP contribution in [0, 0.1) is 5.92 Å². The fraction of sp³-hybridized carbons (Fsp3) is 0.636. The zero-order valence-corrected chi connectivity index (χ0v) is 15.8. The Morgan fingerprint density at radius 1 is 0.885 bits per heavy atom. The number of amides is 2. The number of benzene rings is 1. The predicted molar refractivity (Wildman–Crippen MR) is 102 cm³/mol. The van der Waals surface area contributed by atoms with Gasteiger partial charge in [0.05, 0.1) is 12.1 Å². The van der Waals surface area contributed by atoms with Gasteiger partial charge < -0.3 is 9.80 Å². The standard InChI is InChI=1S/C22H30N2O2/c1-16(25)23-14-6-5-12-20-21(23)19(17-8-3-2-4-9-17)13-15-24(20)22(26)18-10-7-11-18/h2-4,8-9,18-21H,5-7,10-15H2,1H3/t19-,20-,21-/m1/s1. The molecule has 3 fully saturated rings. The molecule has 3 aliphatic rings. The molecule has 0 unspecified atom stereocenters. The molecule has 0 spiro atoms. The molecule has 1 saturated carbocycles. The summed E-state index contributed by atoms with van der Waals surface area (Å²) in [7, 11) is 0. The molecule has 2 heterocycles.